The lowest BCUT2D eigenvalue weighted by atomic mass is 10.2. The monoisotopic (exact) mass is 493 g/mol. The van der Waals surface area contributed by atoms with Crippen LogP contribution in [0.4, 0.5) is 14.7 Å². The van der Waals surface area contributed by atoms with Crippen molar-refractivity contribution in [1.29, 1.82) is 0 Å². The van der Waals surface area contributed by atoms with Crippen molar-refractivity contribution in [3.8, 4) is 5.88 Å². The third kappa shape index (κ3) is 6.49. The van der Waals surface area contributed by atoms with Crippen molar-refractivity contribution in [3.63, 3.8) is 0 Å². The van der Waals surface area contributed by atoms with E-state index in [4.69, 9.17) is 4.74 Å². The highest BCUT2D eigenvalue weighted by atomic mass is 79.9. The second-order valence-electron chi connectivity index (χ2n) is 6.76. The molecule has 1 aromatic carbocycles. The van der Waals surface area contributed by atoms with E-state index in [2.05, 4.69) is 26.2 Å². The first-order chi connectivity index (χ1) is 13.5. The van der Waals surface area contributed by atoms with Gasteiger partial charge in [0, 0.05) is 30.5 Å². The van der Waals surface area contributed by atoms with Crippen LogP contribution in [0.5, 0.6) is 5.88 Å². The quantitative estimate of drug-likeness (QED) is 0.539. The van der Waals surface area contributed by atoms with Gasteiger partial charge in [0.15, 0.2) is 0 Å². The summed E-state index contributed by atoms with van der Waals surface area (Å²) in [5, 5.41) is 2.96. The lowest BCUT2D eigenvalue weighted by Gasteiger charge is -2.19. The van der Waals surface area contributed by atoms with Gasteiger partial charge in [0.05, 0.1) is 5.75 Å². The lowest BCUT2D eigenvalue weighted by Crippen LogP contribution is -2.28. The number of halogens is 3. The first kappa shape index (κ1) is 23.3. The van der Waals surface area contributed by atoms with Gasteiger partial charge in [-0.15, -0.1) is 0 Å². The number of rotatable bonds is 9. The van der Waals surface area contributed by atoms with Gasteiger partial charge in [0.1, 0.15) is 32.6 Å². The maximum absolute atomic E-state index is 13.8. The number of aromatic nitrogens is 2. The number of sulfone groups is 1. The van der Waals surface area contributed by atoms with Gasteiger partial charge in [-0.3, -0.25) is 9.36 Å². The molecule has 0 unspecified atom stereocenters. The Kier molecular flexibility index (Phi) is 7.75. The van der Waals surface area contributed by atoms with Crippen LogP contribution in [0, 0.1) is 11.6 Å². The van der Waals surface area contributed by atoms with Crippen LogP contribution in [-0.4, -0.2) is 36.5 Å². The summed E-state index contributed by atoms with van der Waals surface area (Å²) in [5.41, 5.74) is -0.300. The summed E-state index contributed by atoms with van der Waals surface area (Å²) in [6.45, 7) is 3.62. The maximum Gasteiger partial charge on any atom is 0.273 e. The summed E-state index contributed by atoms with van der Waals surface area (Å²) in [5.74, 6) is -1.32. The molecule has 2 aromatic rings. The standard InChI is InChI=1S/C18H22BrF2N3O4S/c1-11(2)24-17(25)15(19)16(23-18(24)22-7-4-8-29(3,26)27)28-10-12-5-6-13(20)9-14(12)21/h5-6,9,11H,4,7-8,10H2,1-3H3,(H,22,23). The molecular formula is C18H22BrF2N3O4S. The second-order valence-corrected chi connectivity index (χ2v) is 9.81. The Morgan fingerprint density at radius 2 is 2.00 bits per heavy atom. The molecule has 0 aliphatic rings. The zero-order valence-electron chi connectivity index (χ0n) is 16.2. The lowest BCUT2D eigenvalue weighted by molar-refractivity contribution is 0.283. The van der Waals surface area contributed by atoms with Crippen LogP contribution in [0.1, 0.15) is 31.9 Å². The number of anilines is 1. The van der Waals surface area contributed by atoms with Crippen molar-refractivity contribution < 1.29 is 21.9 Å². The summed E-state index contributed by atoms with van der Waals surface area (Å²) in [4.78, 5) is 17.0. The average molecular weight is 494 g/mol. The summed E-state index contributed by atoms with van der Waals surface area (Å²) < 4.78 is 56.3. The van der Waals surface area contributed by atoms with Crippen LogP contribution in [0.3, 0.4) is 0 Å². The highest BCUT2D eigenvalue weighted by molar-refractivity contribution is 9.10. The van der Waals surface area contributed by atoms with Gasteiger partial charge in [-0.25, -0.2) is 17.2 Å². The molecule has 0 saturated heterocycles. The molecular weight excluding hydrogens is 472 g/mol. The highest BCUT2D eigenvalue weighted by Crippen LogP contribution is 2.24. The van der Waals surface area contributed by atoms with Crippen molar-refractivity contribution in [3.05, 3.63) is 50.2 Å². The molecule has 0 aliphatic heterocycles. The molecule has 1 heterocycles. The fourth-order valence-corrected chi connectivity index (χ4v) is 3.57. The van der Waals surface area contributed by atoms with Gasteiger partial charge in [-0.1, -0.05) is 0 Å². The minimum Gasteiger partial charge on any atom is -0.472 e. The molecule has 0 saturated carbocycles. The average Bonchev–Trinajstić information content (AvgIpc) is 2.60. The van der Waals surface area contributed by atoms with E-state index in [0.717, 1.165) is 18.4 Å². The van der Waals surface area contributed by atoms with Crippen molar-refractivity contribution in [2.75, 3.05) is 23.9 Å². The Bertz CT molecular complexity index is 1040. The molecule has 1 N–H and O–H groups in total. The van der Waals surface area contributed by atoms with Crippen LogP contribution in [0.25, 0.3) is 0 Å². The fraction of sp³-hybridized carbons (Fsp3) is 0.444. The zero-order chi connectivity index (χ0) is 21.8. The number of ether oxygens (including phenoxy) is 1. The largest absolute Gasteiger partial charge is 0.472 e. The number of nitrogens with zero attached hydrogens (tertiary/aromatic N) is 2. The number of benzene rings is 1. The summed E-state index contributed by atoms with van der Waals surface area (Å²) in [6.07, 6.45) is 1.48. The highest BCUT2D eigenvalue weighted by Gasteiger charge is 2.18. The van der Waals surface area contributed by atoms with E-state index in [9.17, 15) is 22.0 Å². The molecule has 0 atom stereocenters. The minimum atomic E-state index is -3.10. The predicted octanol–water partition coefficient (Wildman–Crippen LogP) is 3.29. The van der Waals surface area contributed by atoms with Gasteiger partial charge >= 0.3 is 0 Å². The van der Waals surface area contributed by atoms with E-state index in [0.29, 0.717) is 6.42 Å². The van der Waals surface area contributed by atoms with E-state index in [-0.39, 0.29) is 46.8 Å². The van der Waals surface area contributed by atoms with Gasteiger partial charge in [-0.2, -0.15) is 4.98 Å². The number of hydrogen-bond donors (Lipinski definition) is 1. The minimum absolute atomic E-state index is 0.00433. The summed E-state index contributed by atoms with van der Waals surface area (Å²) in [6, 6.07) is 2.87. The van der Waals surface area contributed by atoms with Crippen LogP contribution >= 0.6 is 15.9 Å². The van der Waals surface area contributed by atoms with E-state index in [1.54, 1.807) is 13.8 Å². The number of hydrogen-bond acceptors (Lipinski definition) is 6. The molecule has 11 heteroatoms. The van der Waals surface area contributed by atoms with Crippen LogP contribution in [0.15, 0.2) is 27.5 Å². The summed E-state index contributed by atoms with van der Waals surface area (Å²) >= 11 is 3.16. The van der Waals surface area contributed by atoms with Crippen molar-refractivity contribution in [2.24, 2.45) is 0 Å². The Labute approximate surface area is 176 Å². The van der Waals surface area contributed by atoms with E-state index < -0.39 is 27.0 Å². The van der Waals surface area contributed by atoms with Gasteiger partial charge in [-0.05, 0) is 48.3 Å². The Morgan fingerprint density at radius 1 is 1.31 bits per heavy atom. The van der Waals surface area contributed by atoms with E-state index in [1.807, 2.05) is 0 Å². The third-order valence-corrected chi connectivity index (χ3v) is 5.61. The third-order valence-electron chi connectivity index (χ3n) is 3.90. The molecule has 0 radical (unpaired) electrons. The first-order valence-corrected chi connectivity index (χ1v) is 11.7. The van der Waals surface area contributed by atoms with Crippen molar-refractivity contribution >= 4 is 31.7 Å². The molecule has 0 bridgehead atoms. The fourth-order valence-electron chi connectivity index (χ4n) is 2.51. The normalized spacial score (nSPS) is 11.7. The molecule has 2 rings (SSSR count). The molecule has 0 fully saturated rings. The molecule has 0 spiro atoms. The molecule has 160 valence electrons. The molecule has 0 aliphatic carbocycles. The smallest absolute Gasteiger partial charge is 0.273 e. The zero-order valence-corrected chi connectivity index (χ0v) is 18.6. The van der Waals surface area contributed by atoms with Crippen molar-refractivity contribution in [2.45, 2.75) is 32.9 Å². The molecule has 29 heavy (non-hydrogen) atoms. The maximum atomic E-state index is 13.8. The number of nitrogens with one attached hydrogen (secondary N) is 1. The van der Waals surface area contributed by atoms with Crippen LogP contribution in [0.2, 0.25) is 0 Å². The molecule has 7 nitrogen and oxygen atoms in total. The van der Waals surface area contributed by atoms with Crippen LogP contribution in [-0.2, 0) is 16.4 Å². The molecule has 0 amide bonds. The molecule has 1 aromatic heterocycles. The predicted molar refractivity (Wildman–Crippen MR) is 110 cm³/mol. The Hall–Kier alpha value is -2.01. The van der Waals surface area contributed by atoms with Crippen LogP contribution < -0.4 is 15.6 Å². The topological polar surface area (TPSA) is 90.3 Å². The first-order valence-electron chi connectivity index (χ1n) is 8.80. The van der Waals surface area contributed by atoms with Crippen molar-refractivity contribution in [1.82, 2.24) is 9.55 Å². The van der Waals surface area contributed by atoms with Gasteiger partial charge < -0.3 is 10.1 Å². The van der Waals surface area contributed by atoms with Gasteiger partial charge in [0.25, 0.3) is 5.56 Å². The SMILES string of the molecule is CC(C)n1c(NCCCS(C)(=O)=O)nc(OCc2ccc(F)cc2F)c(Br)c1=O. The van der Waals surface area contributed by atoms with Gasteiger partial charge in [0.2, 0.25) is 11.8 Å². The Balaban J connectivity index is 2.25. The second kappa shape index (κ2) is 9.66. The van der Waals surface area contributed by atoms with E-state index >= 15 is 0 Å². The Morgan fingerprint density at radius 3 is 2.59 bits per heavy atom. The summed E-state index contributed by atoms with van der Waals surface area (Å²) in [7, 11) is -3.10. The van der Waals surface area contributed by atoms with E-state index in [1.165, 1.54) is 10.6 Å².